The fraction of sp³-hybridized carbons (Fsp3) is 0.500. The molecule has 4 heteroatoms. The van der Waals surface area contributed by atoms with E-state index in [4.69, 9.17) is 9.15 Å². The Bertz CT molecular complexity index is 685. The number of methoxy groups -OCH3 is 1. The van der Waals surface area contributed by atoms with E-state index in [1.54, 1.807) is 12.0 Å². The number of hydrogen-bond acceptors (Lipinski definition) is 3. The Labute approximate surface area is 131 Å². The molecule has 1 aliphatic carbocycles. The van der Waals surface area contributed by atoms with Crippen LogP contribution in [-0.2, 0) is 4.74 Å². The third-order valence-electron chi connectivity index (χ3n) is 5.65. The molecule has 0 spiro atoms. The van der Waals surface area contributed by atoms with Gasteiger partial charge in [0.2, 0.25) is 0 Å². The first-order valence-corrected chi connectivity index (χ1v) is 7.61. The van der Waals surface area contributed by atoms with E-state index in [0.29, 0.717) is 5.76 Å². The van der Waals surface area contributed by atoms with Gasteiger partial charge in [0.15, 0.2) is 5.76 Å². The molecule has 1 saturated carbocycles. The van der Waals surface area contributed by atoms with Gasteiger partial charge in [-0.2, -0.15) is 0 Å². The molecule has 0 saturated heterocycles. The summed E-state index contributed by atoms with van der Waals surface area (Å²) in [6, 6.07) is 9.62. The molecule has 0 unspecified atom stereocenters. The Morgan fingerprint density at radius 1 is 1.32 bits per heavy atom. The molecular formula is C18H23NO3. The predicted molar refractivity (Wildman–Crippen MR) is 85.9 cm³/mol. The number of para-hydroxylation sites is 1. The van der Waals surface area contributed by atoms with Crippen molar-refractivity contribution in [1.29, 1.82) is 0 Å². The van der Waals surface area contributed by atoms with Crippen LogP contribution < -0.4 is 0 Å². The van der Waals surface area contributed by atoms with Crippen LogP contribution in [0.15, 0.2) is 34.7 Å². The number of ether oxygens (including phenoxy) is 1. The SMILES string of the molecule is CO[C@]1(C)C[C@@H](N(C)C(=O)c2cc3ccccc3o2)C1(C)C. The zero-order valence-electron chi connectivity index (χ0n) is 13.8. The van der Waals surface area contributed by atoms with Crippen molar-refractivity contribution in [2.75, 3.05) is 14.2 Å². The van der Waals surface area contributed by atoms with Crippen LogP contribution in [0.2, 0.25) is 0 Å². The van der Waals surface area contributed by atoms with Gasteiger partial charge in [0, 0.05) is 31.0 Å². The van der Waals surface area contributed by atoms with E-state index in [1.807, 2.05) is 37.4 Å². The van der Waals surface area contributed by atoms with Crippen LogP contribution in [0.1, 0.15) is 37.7 Å². The standard InChI is InChI=1S/C18H23NO3/c1-17(2)15(11-18(17,3)21-5)19(4)16(20)14-10-12-8-6-7-9-13(12)22-14/h6-10,15H,11H2,1-5H3/t15-,18-/m1/s1. The van der Waals surface area contributed by atoms with Crippen molar-refractivity contribution in [1.82, 2.24) is 4.90 Å². The van der Waals surface area contributed by atoms with Crippen LogP contribution >= 0.6 is 0 Å². The van der Waals surface area contributed by atoms with E-state index in [2.05, 4.69) is 20.8 Å². The van der Waals surface area contributed by atoms with Crippen LogP contribution in [0.25, 0.3) is 11.0 Å². The topological polar surface area (TPSA) is 42.7 Å². The largest absolute Gasteiger partial charge is 0.451 e. The highest BCUT2D eigenvalue weighted by molar-refractivity contribution is 5.96. The molecule has 1 amide bonds. The van der Waals surface area contributed by atoms with Gasteiger partial charge in [-0.3, -0.25) is 4.79 Å². The minimum atomic E-state index is -0.194. The molecule has 1 aromatic carbocycles. The fourth-order valence-corrected chi connectivity index (χ4v) is 3.48. The summed E-state index contributed by atoms with van der Waals surface area (Å²) < 4.78 is 11.3. The Morgan fingerprint density at radius 3 is 2.59 bits per heavy atom. The molecule has 0 radical (unpaired) electrons. The van der Waals surface area contributed by atoms with Crippen molar-refractivity contribution in [3.05, 3.63) is 36.1 Å². The highest BCUT2D eigenvalue weighted by Gasteiger charge is 2.60. The maximum absolute atomic E-state index is 12.7. The van der Waals surface area contributed by atoms with Crippen LogP contribution in [0.3, 0.4) is 0 Å². The second kappa shape index (κ2) is 4.85. The molecule has 0 N–H and O–H groups in total. The first-order chi connectivity index (χ1) is 10.3. The van der Waals surface area contributed by atoms with Crippen molar-refractivity contribution in [3.8, 4) is 0 Å². The number of rotatable bonds is 3. The van der Waals surface area contributed by atoms with Crippen LogP contribution in [0, 0.1) is 5.41 Å². The van der Waals surface area contributed by atoms with E-state index in [-0.39, 0.29) is 23.0 Å². The van der Waals surface area contributed by atoms with Crippen molar-refractivity contribution in [2.24, 2.45) is 5.41 Å². The second-order valence-electron chi connectivity index (χ2n) is 6.94. The summed E-state index contributed by atoms with van der Waals surface area (Å²) in [6.45, 7) is 6.39. The summed E-state index contributed by atoms with van der Waals surface area (Å²) >= 11 is 0. The average Bonchev–Trinajstić information content (AvgIpc) is 2.94. The number of hydrogen-bond donors (Lipinski definition) is 0. The normalized spacial score (nSPS) is 26.7. The number of carbonyl (C=O) groups is 1. The molecule has 2 aromatic rings. The van der Waals surface area contributed by atoms with Crippen molar-refractivity contribution < 1.29 is 13.9 Å². The van der Waals surface area contributed by atoms with Gasteiger partial charge >= 0.3 is 0 Å². The highest BCUT2D eigenvalue weighted by Crippen LogP contribution is 2.53. The molecule has 1 heterocycles. The molecular weight excluding hydrogens is 278 g/mol. The Hall–Kier alpha value is -1.81. The molecule has 1 aromatic heterocycles. The molecule has 1 aliphatic rings. The van der Waals surface area contributed by atoms with E-state index >= 15 is 0 Å². The van der Waals surface area contributed by atoms with Crippen LogP contribution in [0.5, 0.6) is 0 Å². The van der Waals surface area contributed by atoms with Gasteiger partial charge in [0.05, 0.1) is 5.60 Å². The van der Waals surface area contributed by atoms with E-state index < -0.39 is 0 Å². The first kappa shape index (κ1) is 15.1. The van der Waals surface area contributed by atoms with Gasteiger partial charge in [-0.1, -0.05) is 32.0 Å². The number of carbonyl (C=O) groups excluding carboxylic acids is 1. The molecule has 2 atom stereocenters. The van der Waals surface area contributed by atoms with Gasteiger partial charge in [-0.05, 0) is 25.5 Å². The Morgan fingerprint density at radius 2 is 2.00 bits per heavy atom. The van der Waals surface area contributed by atoms with Gasteiger partial charge in [0.1, 0.15) is 5.58 Å². The third kappa shape index (κ3) is 1.97. The lowest BCUT2D eigenvalue weighted by Crippen LogP contribution is -2.68. The molecule has 3 rings (SSSR count). The summed E-state index contributed by atoms with van der Waals surface area (Å²) in [5.41, 5.74) is 0.451. The number of nitrogens with zero attached hydrogens (tertiary/aromatic N) is 1. The smallest absolute Gasteiger partial charge is 0.289 e. The summed E-state index contributed by atoms with van der Waals surface area (Å²) in [4.78, 5) is 14.5. The minimum Gasteiger partial charge on any atom is -0.451 e. The van der Waals surface area contributed by atoms with Crippen molar-refractivity contribution in [2.45, 2.75) is 38.8 Å². The van der Waals surface area contributed by atoms with Gasteiger partial charge in [0.25, 0.3) is 5.91 Å². The second-order valence-corrected chi connectivity index (χ2v) is 6.94. The van der Waals surface area contributed by atoms with Crippen molar-refractivity contribution >= 4 is 16.9 Å². The summed E-state index contributed by atoms with van der Waals surface area (Å²) in [6.07, 6.45) is 0.832. The third-order valence-corrected chi connectivity index (χ3v) is 5.65. The zero-order chi connectivity index (χ0) is 16.1. The minimum absolute atomic E-state index is 0.0765. The Balaban J connectivity index is 1.84. The molecule has 4 nitrogen and oxygen atoms in total. The fourth-order valence-electron chi connectivity index (χ4n) is 3.48. The number of furan rings is 1. The van der Waals surface area contributed by atoms with E-state index in [9.17, 15) is 4.79 Å². The summed E-state index contributed by atoms with van der Waals surface area (Å²) in [5.74, 6) is 0.318. The molecule has 0 aliphatic heterocycles. The van der Waals surface area contributed by atoms with E-state index in [1.165, 1.54) is 0 Å². The zero-order valence-corrected chi connectivity index (χ0v) is 13.8. The monoisotopic (exact) mass is 301 g/mol. The quantitative estimate of drug-likeness (QED) is 0.868. The predicted octanol–water partition coefficient (Wildman–Crippen LogP) is 3.71. The summed E-state index contributed by atoms with van der Waals surface area (Å²) in [7, 11) is 3.58. The first-order valence-electron chi connectivity index (χ1n) is 7.61. The van der Waals surface area contributed by atoms with Gasteiger partial charge in [-0.15, -0.1) is 0 Å². The Kier molecular flexibility index (Phi) is 3.33. The average molecular weight is 301 g/mol. The number of fused-ring (bicyclic) bond motifs is 1. The summed E-state index contributed by atoms with van der Waals surface area (Å²) in [5, 5.41) is 0.953. The molecule has 0 bridgehead atoms. The van der Waals surface area contributed by atoms with Crippen LogP contribution in [0.4, 0.5) is 0 Å². The number of benzene rings is 1. The van der Waals surface area contributed by atoms with Crippen molar-refractivity contribution in [3.63, 3.8) is 0 Å². The van der Waals surface area contributed by atoms with Gasteiger partial charge in [-0.25, -0.2) is 0 Å². The maximum Gasteiger partial charge on any atom is 0.289 e. The molecule has 22 heavy (non-hydrogen) atoms. The van der Waals surface area contributed by atoms with E-state index in [0.717, 1.165) is 17.4 Å². The number of amides is 1. The van der Waals surface area contributed by atoms with Gasteiger partial charge < -0.3 is 14.1 Å². The van der Waals surface area contributed by atoms with Crippen LogP contribution in [-0.4, -0.2) is 36.6 Å². The maximum atomic E-state index is 12.7. The lowest BCUT2D eigenvalue weighted by Gasteiger charge is -2.61. The lowest BCUT2D eigenvalue weighted by atomic mass is 9.55. The lowest BCUT2D eigenvalue weighted by molar-refractivity contribution is -0.198. The molecule has 1 fully saturated rings. The molecule has 118 valence electrons. The highest BCUT2D eigenvalue weighted by atomic mass is 16.5.